The molecule has 0 unspecified atom stereocenters. The Bertz CT molecular complexity index is 462. The average molecular weight is 258 g/mol. The number of aliphatic carboxylic acids is 2. The molecule has 0 bridgehead atoms. The Morgan fingerprint density at radius 2 is 2.00 bits per heavy atom. The monoisotopic (exact) mass is 258 g/mol. The van der Waals surface area contributed by atoms with Crippen LogP contribution >= 0.6 is 0 Å². The number of carboxylic acids is 2. The Hall–Kier alpha value is -2.67. The molecule has 10 heteroatoms. The van der Waals surface area contributed by atoms with E-state index in [1.807, 2.05) is 14.1 Å². The molecule has 10 nitrogen and oxygen atoms in total. The van der Waals surface area contributed by atoms with E-state index >= 15 is 0 Å². The number of nitriles is 1. The highest BCUT2D eigenvalue weighted by Crippen LogP contribution is 2.00. The lowest BCUT2D eigenvalue weighted by Crippen LogP contribution is -2.27. The summed E-state index contributed by atoms with van der Waals surface area (Å²) in [5.41, 5.74) is 0.279. The third-order valence-corrected chi connectivity index (χ3v) is 1.44. The second-order valence-electron chi connectivity index (χ2n) is 3.19. The number of carboxylic acid groups (broad SMARTS) is 2. The predicted molar refractivity (Wildman–Crippen MR) is 52.8 cm³/mol. The molecule has 0 aliphatic heterocycles. The van der Waals surface area contributed by atoms with Gasteiger partial charge in [-0.3, -0.25) is 4.63 Å². The van der Waals surface area contributed by atoms with E-state index in [1.54, 1.807) is 11.0 Å². The maximum Gasteiger partial charge on any atom is 0.414 e. The molecule has 18 heavy (non-hydrogen) atoms. The van der Waals surface area contributed by atoms with Crippen LogP contribution in [0.15, 0.2) is 4.63 Å². The molecule has 1 rings (SSSR count). The molecule has 1 aromatic rings. The van der Waals surface area contributed by atoms with Crippen molar-refractivity contribution in [2.45, 2.75) is 6.54 Å². The summed E-state index contributed by atoms with van der Waals surface area (Å²) in [6.07, 6.45) is 0. The minimum absolute atomic E-state index is 0.0799. The molecular weight excluding hydrogens is 248 g/mol. The molecule has 0 saturated carbocycles. The van der Waals surface area contributed by atoms with Crippen LogP contribution in [0.4, 0.5) is 0 Å². The smallest absolute Gasteiger partial charge is 0.414 e. The van der Waals surface area contributed by atoms with Crippen LogP contribution in [0.5, 0.6) is 0 Å². The van der Waals surface area contributed by atoms with Gasteiger partial charge in [0.05, 0.1) is 6.54 Å². The fourth-order valence-corrected chi connectivity index (χ4v) is 0.784. The van der Waals surface area contributed by atoms with Crippen molar-refractivity contribution >= 4 is 11.9 Å². The molecule has 2 N–H and O–H groups in total. The van der Waals surface area contributed by atoms with Crippen molar-refractivity contribution in [3.63, 3.8) is 0 Å². The topological polar surface area (TPSA) is 155 Å². The fourth-order valence-electron chi connectivity index (χ4n) is 0.784. The fraction of sp³-hybridized carbons (Fsp3) is 0.375. The van der Waals surface area contributed by atoms with Crippen LogP contribution < -0.4 is 4.90 Å². The summed E-state index contributed by atoms with van der Waals surface area (Å²) in [6.45, 7) is 0.418. The van der Waals surface area contributed by atoms with Crippen LogP contribution in [0, 0.1) is 16.5 Å². The highest BCUT2D eigenvalue weighted by molar-refractivity contribution is 6.27. The lowest BCUT2D eigenvalue weighted by molar-refractivity contribution is -0.804. The first-order chi connectivity index (χ1) is 8.29. The Morgan fingerprint density at radius 1 is 1.50 bits per heavy atom. The van der Waals surface area contributed by atoms with Crippen LogP contribution in [0.2, 0.25) is 0 Å². The molecule has 0 fully saturated rings. The van der Waals surface area contributed by atoms with Gasteiger partial charge in [0.25, 0.3) is 11.4 Å². The van der Waals surface area contributed by atoms with Crippen molar-refractivity contribution in [2.24, 2.45) is 0 Å². The van der Waals surface area contributed by atoms with Gasteiger partial charge >= 0.3 is 11.9 Å². The van der Waals surface area contributed by atoms with E-state index in [-0.39, 0.29) is 10.6 Å². The van der Waals surface area contributed by atoms with Crippen molar-refractivity contribution in [3.05, 3.63) is 16.6 Å². The van der Waals surface area contributed by atoms with Gasteiger partial charge in [0.2, 0.25) is 0 Å². The second-order valence-corrected chi connectivity index (χ2v) is 3.19. The van der Waals surface area contributed by atoms with E-state index in [9.17, 15) is 5.21 Å². The number of nitrogens with zero attached hydrogens (tertiary/aromatic N) is 4. The van der Waals surface area contributed by atoms with Crippen LogP contribution in [-0.4, -0.2) is 46.3 Å². The molecule has 0 radical (unpaired) electrons. The molecule has 0 spiro atoms. The quantitative estimate of drug-likeness (QED) is 0.471. The number of rotatable bonds is 2. The van der Waals surface area contributed by atoms with Crippen LogP contribution in [0.1, 0.15) is 11.4 Å². The summed E-state index contributed by atoms with van der Waals surface area (Å²) < 4.78 is 4.25. The molecule has 0 saturated heterocycles. The minimum atomic E-state index is -1.82. The maximum absolute atomic E-state index is 10.7. The molecular formula is C8H10N4O6. The van der Waals surface area contributed by atoms with Crippen molar-refractivity contribution in [3.8, 4) is 6.07 Å². The third kappa shape index (κ3) is 4.90. The van der Waals surface area contributed by atoms with Gasteiger partial charge in [-0.05, 0) is 19.0 Å². The van der Waals surface area contributed by atoms with E-state index in [0.29, 0.717) is 12.2 Å². The van der Waals surface area contributed by atoms with Crippen molar-refractivity contribution < 1.29 is 29.3 Å². The van der Waals surface area contributed by atoms with Crippen molar-refractivity contribution in [1.29, 1.82) is 5.26 Å². The van der Waals surface area contributed by atoms with E-state index < -0.39 is 11.9 Å². The lowest BCUT2D eigenvalue weighted by atomic mass is 10.3. The largest absolute Gasteiger partial charge is 0.473 e. The first kappa shape index (κ1) is 15.3. The van der Waals surface area contributed by atoms with Gasteiger partial charge in [0.1, 0.15) is 0 Å². The normalized spacial score (nSPS) is 9.22. The lowest BCUT2D eigenvalue weighted by Gasteiger charge is -2.02. The highest BCUT2D eigenvalue weighted by Gasteiger charge is 2.18. The van der Waals surface area contributed by atoms with Gasteiger partial charge in [-0.25, -0.2) is 9.59 Å². The summed E-state index contributed by atoms with van der Waals surface area (Å²) in [5, 5.41) is 37.4. The Morgan fingerprint density at radius 3 is 2.33 bits per heavy atom. The van der Waals surface area contributed by atoms with Crippen molar-refractivity contribution in [2.75, 3.05) is 14.1 Å². The molecule has 1 aromatic heterocycles. The standard InChI is InChI=1S/C6H8N4O2.C2H2O4/c1-9(2)4-5-6(3-7)10(11)12-8-5;3-1(4)2(5)6/h4H2,1-2H3;(H,3,4)(H,5,6). The zero-order valence-electron chi connectivity index (χ0n) is 9.52. The first-order valence-corrected chi connectivity index (χ1v) is 4.39. The number of hydrogen-bond acceptors (Lipinski definition) is 7. The summed E-state index contributed by atoms with van der Waals surface area (Å²) in [5.74, 6) is -3.65. The summed E-state index contributed by atoms with van der Waals surface area (Å²) >= 11 is 0. The van der Waals surface area contributed by atoms with Gasteiger partial charge < -0.3 is 20.3 Å². The Kier molecular flexibility index (Phi) is 5.80. The third-order valence-electron chi connectivity index (χ3n) is 1.44. The van der Waals surface area contributed by atoms with E-state index in [2.05, 4.69) is 9.79 Å². The summed E-state index contributed by atoms with van der Waals surface area (Å²) in [4.78, 5) is 20.1. The predicted octanol–water partition coefficient (Wildman–Crippen LogP) is -1.60. The van der Waals surface area contributed by atoms with Gasteiger partial charge in [-0.1, -0.05) is 0 Å². The molecule has 98 valence electrons. The Labute approximate surface area is 101 Å². The number of carbonyl (C=O) groups is 2. The summed E-state index contributed by atoms with van der Waals surface area (Å²) in [7, 11) is 3.62. The zero-order valence-corrected chi connectivity index (χ0v) is 9.52. The Balaban J connectivity index is 0.000000411. The SMILES string of the molecule is CN(C)Cc1no[n+]([O-])c1C#N.O=C(O)C(=O)O. The second kappa shape index (κ2) is 6.81. The minimum Gasteiger partial charge on any atom is -0.473 e. The zero-order chi connectivity index (χ0) is 14.3. The van der Waals surface area contributed by atoms with E-state index in [1.165, 1.54) is 0 Å². The average Bonchev–Trinajstić information content (AvgIpc) is 2.59. The highest BCUT2D eigenvalue weighted by atomic mass is 16.8. The van der Waals surface area contributed by atoms with Gasteiger partial charge in [-0.15, -0.1) is 0 Å². The number of hydrogen-bond donors (Lipinski definition) is 2. The molecule has 0 aromatic carbocycles. The maximum atomic E-state index is 10.7. The van der Waals surface area contributed by atoms with Crippen LogP contribution in [-0.2, 0) is 16.1 Å². The van der Waals surface area contributed by atoms with Gasteiger partial charge in [0.15, 0.2) is 6.07 Å². The van der Waals surface area contributed by atoms with Crippen LogP contribution in [0.3, 0.4) is 0 Å². The molecule has 0 aliphatic rings. The van der Waals surface area contributed by atoms with Gasteiger partial charge in [-0.2, -0.15) is 5.26 Å². The molecule has 1 heterocycles. The van der Waals surface area contributed by atoms with E-state index in [0.717, 1.165) is 0 Å². The van der Waals surface area contributed by atoms with E-state index in [4.69, 9.17) is 25.1 Å². The first-order valence-electron chi connectivity index (χ1n) is 4.39. The molecule has 0 amide bonds. The van der Waals surface area contributed by atoms with Crippen LogP contribution in [0.25, 0.3) is 0 Å². The molecule has 0 aliphatic carbocycles. The summed E-state index contributed by atoms with van der Waals surface area (Å²) in [6, 6.07) is 1.72. The molecule has 0 atom stereocenters. The van der Waals surface area contributed by atoms with Gasteiger partial charge in [0, 0.05) is 5.16 Å². The van der Waals surface area contributed by atoms with Crippen molar-refractivity contribution in [1.82, 2.24) is 10.1 Å². The number of aromatic nitrogens is 2.